The molecule has 5 rings (SSSR count). The molecule has 344 valence electrons. The molecule has 22 heteroatoms. The number of benzene rings is 4. The molecular weight excluding hydrogens is 871 g/mol. The Morgan fingerprint density at radius 2 is 1.47 bits per heavy atom. The number of aliphatic carboxylic acids is 1. The van der Waals surface area contributed by atoms with Gasteiger partial charge in [-0.25, -0.2) is 4.21 Å². The molecule has 0 bridgehead atoms. The first-order chi connectivity index (χ1) is 30.7. The number of azo groups is 1. The Morgan fingerprint density at radius 3 is 2.06 bits per heavy atom. The number of carboxylic acids is 1. The molecule has 0 aromatic heterocycles. The molecule has 20 nitrogen and oxygen atoms in total. The van der Waals surface area contributed by atoms with Gasteiger partial charge in [0.2, 0.25) is 11.8 Å². The predicted octanol–water partition coefficient (Wildman–Crippen LogP) is 3.42. The highest BCUT2D eigenvalue weighted by Gasteiger charge is 2.25. The summed E-state index contributed by atoms with van der Waals surface area (Å²) in [5, 5.41) is 35.4. The molecule has 1 unspecified atom stereocenters. The lowest BCUT2D eigenvalue weighted by Gasteiger charge is -2.26. The molecule has 1 fully saturated rings. The topological polar surface area (TPSA) is 300 Å². The van der Waals surface area contributed by atoms with Gasteiger partial charge in [-0.3, -0.25) is 33.9 Å². The lowest BCUT2D eigenvalue weighted by atomic mass is 10.00. The molecule has 4 aromatic carbocycles. The fraction of sp³-hybridized carbons (Fsp3) is 0.381. The SMILES string of the molecule is Cc1cc(-c2ccc(NC(=O)[C@@H](CCCCN)NC(=O)CN3CCN(COC=O)CCN(CC(=O)O)CC3)c(C)c2)ccc1N=Nc1ccc2c(S(=O)O)ccc(N)c2c1O.O=S=O. The molecule has 9 N–H and O–H groups in total. The number of nitrogen functional groups attached to an aromatic ring is 1. The molecule has 1 aliphatic heterocycles. The van der Waals surface area contributed by atoms with Gasteiger partial charge in [-0.1, -0.05) is 18.2 Å². The van der Waals surface area contributed by atoms with E-state index in [2.05, 4.69) is 20.9 Å². The molecule has 0 saturated carbocycles. The molecule has 4 aromatic rings. The van der Waals surface area contributed by atoms with Crippen LogP contribution in [0.15, 0.2) is 75.8 Å². The average molecular weight is 924 g/mol. The summed E-state index contributed by atoms with van der Waals surface area (Å²) in [6.45, 7) is 7.16. The van der Waals surface area contributed by atoms with Gasteiger partial charge in [-0.05, 0) is 104 Å². The third-order valence-corrected chi connectivity index (χ3v) is 11.2. The van der Waals surface area contributed by atoms with Crippen LogP contribution in [0, 0.1) is 13.8 Å². The minimum absolute atomic E-state index is 0.0193. The van der Waals surface area contributed by atoms with Crippen LogP contribution in [0.2, 0.25) is 0 Å². The van der Waals surface area contributed by atoms with E-state index in [9.17, 15) is 38.2 Å². The van der Waals surface area contributed by atoms with Crippen LogP contribution in [0.1, 0.15) is 30.4 Å². The summed E-state index contributed by atoms with van der Waals surface area (Å²) >= 11 is -3.03. The molecule has 64 heavy (non-hydrogen) atoms. The maximum atomic E-state index is 13.7. The number of anilines is 2. The minimum Gasteiger partial charge on any atom is -0.505 e. The number of ether oxygens (including phenoxy) is 1. The van der Waals surface area contributed by atoms with Crippen molar-refractivity contribution in [1.82, 2.24) is 20.0 Å². The summed E-state index contributed by atoms with van der Waals surface area (Å²) in [5.41, 5.74) is 16.7. The Morgan fingerprint density at radius 1 is 0.875 bits per heavy atom. The number of hydrogen-bond donors (Lipinski definition) is 7. The Hall–Kier alpha value is -6.01. The van der Waals surface area contributed by atoms with E-state index >= 15 is 0 Å². The van der Waals surface area contributed by atoms with Crippen LogP contribution in [0.4, 0.5) is 22.7 Å². The first-order valence-electron chi connectivity index (χ1n) is 20.1. The van der Waals surface area contributed by atoms with E-state index in [4.69, 9.17) is 24.6 Å². The number of phenols is 1. The summed E-state index contributed by atoms with van der Waals surface area (Å²) in [4.78, 5) is 55.1. The number of nitrogens with two attached hydrogens (primary N) is 2. The number of carbonyl (C=O) groups excluding carboxylic acids is 3. The second kappa shape index (κ2) is 25.3. The Kier molecular flexibility index (Phi) is 20.0. The predicted molar refractivity (Wildman–Crippen MR) is 241 cm³/mol. The number of nitrogens with one attached hydrogen (secondary N) is 2. The first-order valence-corrected chi connectivity index (χ1v) is 21.9. The Labute approximate surface area is 375 Å². The van der Waals surface area contributed by atoms with Crippen LogP contribution in [-0.4, -0.2) is 138 Å². The lowest BCUT2D eigenvalue weighted by Crippen LogP contribution is -2.49. The molecule has 2 amide bonds. The normalized spacial score (nSPS) is 14.9. The highest BCUT2D eigenvalue weighted by Crippen LogP contribution is 2.41. The monoisotopic (exact) mass is 923 g/mol. The van der Waals surface area contributed by atoms with Gasteiger partial charge in [0.25, 0.3) is 6.47 Å². The molecule has 1 saturated heterocycles. The minimum atomic E-state index is -2.28. The second-order valence-corrected chi connectivity index (χ2v) is 16.0. The van der Waals surface area contributed by atoms with Gasteiger partial charge in [0, 0.05) is 56.0 Å². The third-order valence-electron chi connectivity index (χ3n) is 10.4. The zero-order valence-electron chi connectivity index (χ0n) is 35.4. The lowest BCUT2D eigenvalue weighted by molar-refractivity contribution is -0.138. The summed E-state index contributed by atoms with van der Waals surface area (Å²) < 4.78 is 43.0. The molecule has 0 radical (unpaired) electrons. The molecular formula is C42H53N9O11S2. The van der Waals surface area contributed by atoms with E-state index < -0.39 is 34.7 Å². The fourth-order valence-electron chi connectivity index (χ4n) is 7.07. The van der Waals surface area contributed by atoms with Crippen molar-refractivity contribution in [2.24, 2.45) is 16.0 Å². The van der Waals surface area contributed by atoms with E-state index in [1.807, 2.05) is 54.0 Å². The molecule has 2 atom stereocenters. The number of phenolic OH excluding ortho intramolecular Hbond substituents is 1. The number of rotatable bonds is 18. The maximum Gasteiger partial charge on any atom is 0.335 e. The Balaban J connectivity index is 0.00000291. The standard InChI is InChI=1S/C42H53N9O9S.O2S/c1-27-21-29(30-7-11-34(28(2)22-30)47-48-35-12-8-31-37(61(58)59)13-9-32(44)40(31)41(35)56)6-10-33(27)46-42(57)36(5-3-4-14-43)45-38(53)23-49-15-16-50(24-39(54)55)18-20-51(19-17-49)25-60-26-52;1-3-2/h6-13,21-22,26,36,56H,3-5,14-20,23-25,43-44H2,1-2H3,(H,45,53)(H,46,57)(H,54,55)(H,58,59);/t36-;/m1./s1. The largest absolute Gasteiger partial charge is 0.505 e. The third kappa shape index (κ3) is 14.8. The Bertz CT molecular complexity index is 2380. The van der Waals surface area contributed by atoms with Gasteiger partial charge in [-0.15, -0.1) is 5.11 Å². The van der Waals surface area contributed by atoms with E-state index in [0.717, 1.165) is 22.3 Å². The highest BCUT2D eigenvalue weighted by molar-refractivity contribution is 7.79. The van der Waals surface area contributed by atoms with Gasteiger partial charge in [0.15, 0.2) is 16.8 Å². The van der Waals surface area contributed by atoms with E-state index in [1.54, 1.807) is 17.0 Å². The number of unbranched alkanes of at least 4 members (excludes halogenated alkanes) is 1. The van der Waals surface area contributed by atoms with Crippen LogP contribution in [-0.2, 0) is 46.6 Å². The smallest absolute Gasteiger partial charge is 0.335 e. The van der Waals surface area contributed by atoms with E-state index in [1.165, 1.54) is 18.2 Å². The number of carboxylic acid groups (broad SMARTS) is 1. The summed E-state index contributed by atoms with van der Waals surface area (Å²) in [7, 11) is 0. The van der Waals surface area contributed by atoms with Crippen molar-refractivity contribution in [2.45, 2.75) is 44.0 Å². The number of amides is 2. The number of hydrogen-bond acceptors (Lipinski definition) is 16. The van der Waals surface area contributed by atoms with E-state index in [-0.39, 0.29) is 59.0 Å². The zero-order valence-corrected chi connectivity index (χ0v) is 37.1. The first kappa shape index (κ1) is 50.6. The van der Waals surface area contributed by atoms with Crippen LogP contribution in [0.3, 0.4) is 0 Å². The van der Waals surface area contributed by atoms with Crippen molar-refractivity contribution in [3.8, 4) is 16.9 Å². The number of nitrogens with zero attached hydrogens (tertiary/aromatic N) is 5. The average Bonchev–Trinajstić information content (AvgIpc) is 3.34. The van der Waals surface area contributed by atoms with Crippen molar-refractivity contribution in [3.63, 3.8) is 0 Å². The zero-order chi connectivity index (χ0) is 46.8. The number of fused-ring (bicyclic) bond motifs is 1. The van der Waals surface area contributed by atoms with Gasteiger partial charge >= 0.3 is 17.5 Å². The maximum absolute atomic E-state index is 13.7. The number of aryl methyl sites for hydroxylation is 2. The molecule has 1 aliphatic rings. The molecule has 1 heterocycles. The van der Waals surface area contributed by atoms with Crippen LogP contribution in [0.25, 0.3) is 21.9 Å². The summed E-state index contributed by atoms with van der Waals surface area (Å²) in [6, 6.07) is 16.4. The van der Waals surface area contributed by atoms with Crippen LogP contribution >= 0.6 is 0 Å². The quantitative estimate of drug-likeness (QED) is 0.0247. The van der Waals surface area contributed by atoms with E-state index in [0.29, 0.717) is 88.3 Å². The van der Waals surface area contributed by atoms with Crippen molar-refractivity contribution in [1.29, 1.82) is 0 Å². The van der Waals surface area contributed by atoms with Gasteiger partial charge < -0.3 is 41.6 Å². The van der Waals surface area contributed by atoms with Crippen molar-refractivity contribution >= 4 is 80.4 Å². The molecule has 0 spiro atoms. The van der Waals surface area contributed by atoms with Crippen molar-refractivity contribution < 1.29 is 51.3 Å². The van der Waals surface area contributed by atoms with Gasteiger partial charge in [0.1, 0.15) is 18.5 Å². The molecule has 0 aliphatic carbocycles. The second-order valence-electron chi connectivity index (χ2n) is 14.9. The van der Waals surface area contributed by atoms with Gasteiger partial charge in [0.05, 0.1) is 29.1 Å². The number of carbonyl (C=O) groups is 4. The van der Waals surface area contributed by atoms with Gasteiger partial charge in [-0.2, -0.15) is 13.5 Å². The summed E-state index contributed by atoms with van der Waals surface area (Å²) in [5.74, 6) is -1.94. The fourth-order valence-corrected chi connectivity index (χ4v) is 7.61. The van der Waals surface area contributed by atoms with Crippen LogP contribution in [0.5, 0.6) is 5.75 Å². The van der Waals surface area contributed by atoms with Crippen molar-refractivity contribution in [3.05, 3.63) is 71.8 Å². The van der Waals surface area contributed by atoms with Crippen molar-refractivity contribution in [2.75, 3.05) is 76.7 Å². The highest BCUT2D eigenvalue weighted by atomic mass is 32.2. The summed E-state index contributed by atoms with van der Waals surface area (Å²) in [6.07, 6.45) is 1.67. The van der Waals surface area contributed by atoms with Crippen LogP contribution < -0.4 is 22.1 Å². The number of aromatic hydroxyl groups is 1.